The molecule has 0 spiro atoms. The molecule has 3 rings (SSSR count). The van der Waals surface area contributed by atoms with E-state index in [0.29, 0.717) is 17.4 Å². The van der Waals surface area contributed by atoms with Gasteiger partial charge in [-0.05, 0) is 68.5 Å². The Kier molecular flexibility index (Phi) is 6.39. The van der Waals surface area contributed by atoms with Gasteiger partial charge in [0.2, 0.25) is 0 Å². The molecule has 1 aliphatic carbocycles. The minimum Gasteiger partial charge on any atom is -0.356 e. The summed E-state index contributed by atoms with van der Waals surface area (Å²) in [7, 11) is 4.16. The first-order valence-electron chi connectivity index (χ1n) is 9.85. The van der Waals surface area contributed by atoms with Gasteiger partial charge in [-0.25, -0.2) is 0 Å². The Morgan fingerprint density at radius 3 is 2.80 bits per heavy atom. The lowest BCUT2D eigenvalue weighted by Gasteiger charge is -2.42. The predicted molar refractivity (Wildman–Crippen MR) is 108 cm³/mol. The number of guanidine groups is 1. The van der Waals surface area contributed by atoms with Crippen LogP contribution in [-0.4, -0.2) is 44.6 Å². The van der Waals surface area contributed by atoms with Crippen LogP contribution in [0, 0.1) is 11.3 Å². The van der Waals surface area contributed by atoms with Crippen molar-refractivity contribution in [3.8, 4) is 0 Å². The molecule has 0 amide bonds. The lowest BCUT2D eigenvalue weighted by molar-refractivity contribution is 0.123. The van der Waals surface area contributed by atoms with E-state index in [-0.39, 0.29) is 0 Å². The first-order chi connectivity index (χ1) is 12.2. The minimum atomic E-state index is 0.516. The number of rotatable bonds is 6. The van der Waals surface area contributed by atoms with Gasteiger partial charge in [0.25, 0.3) is 0 Å². The van der Waals surface area contributed by atoms with Crippen LogP contribution in [0.1, 0.15) is 56.4 Å². The van der Waals surface area contributed by atoms with Crippen LogP contribution in [0.2, 0.25) is 0 Å². The average Bonchev–Trinajstić information content (AvgIpc) is 3.11. The van der Waals surface area contributed by atoms with Gasteiger partial charge in [-0.2, -0.15) is 0 Å². The van der Waals surface area contributed by atoms with Crippen molar-refractivity contribution in [2.45, 2.75) is 51.5 Å². The fourth-order valence-corrected chi connectivity index (χ4v) is 5.42. The molecule has 0 aromatic carbocycles. The Hall–Kier alpha value is -1.07. The minimum absolute atomic E-state index is 0.516. The van der Waals surface area contributed by atoms with Gasteiger partial charge in [-0.15, -0.1) is 11.3 Å². The smallest absolute Gasteiger partial charge is 0.191 e. The monoisotopic (exact) mass is 362 g/mol. The lowest BCUT2D eigenvalue weighted by Crippen LogP contribution is -2.48. The van der Waals surface area contributed by atoms with Gasteiger partial charge in [0.05, 0.1) is 0 Å². The molecule has 2 fully saturated rings. The van der Waals surface area contributed by atoms with Gasteiger partial charge in [-0.3, -0.25) is 9.89 Å². The lowest BCUT2D eigenvalue weighted by atomic mass is 9.67. The summed E-state index contributed by atoms with van der Waals surface area (Å²) in [6.45, 7) is 5.57. The molecule has 1 aromatic rings. The Morgan fingerprint density at radius 2 is 2.20 bits per heavy atom. The van der Waals surface area contributed by atoms with Crippen LogP contribution in [-0.2, 0) is 0 Å². The van der Waals surface area contributed by atoms with E-state index < -0.39 is 0 Å². The molecule has 140 valence electrons. The van der Waals surface area contributed by atoms with E-state index in [9.17, 15) is 0 Å². The van der Waals surface area contributed by atoms with E-state index in [1.165, 1.54) is 49.9 Å². The van der Waals surface area contributed by atoms with Crippen LogP contribution in [0.25, 0.3) is 0 Å². The molecule has 1 saturated heterocycles. The van der Waals surface area contributed by atoms with Crippen LogP contribution in [0.5, 0.6) is 0 Å². The zero-order chi connectivity index (χ0) is 17.7. The fraction of sp³-hybridized carbons (Fsp3) is 0.750. The second kappa shape index (κ2) is 8.54. The van der Waals surface area contributed by atoms with Gasteiger partial charge in [-0.1, -0.05) is 19.4 Å². The summed E-state index contributed by atoms with van der Waals surface area (Å²) in [5.74, 6) is 1.61. The number of aliphatic imine (C=N–C) groups is 1. The van der Waals surface area contributed by atoms with E-state index >= 15 is 0 Å². The maximum atomic E-state index is 4.46. The highest BCUT2D eigenvalue weighted by Gasteiger charge is 2.35. The highest BCUT2D eigenvalue weighted by atomic mass is 32.1. The first kappa shape index (κ1) is 18.7. The SMILES string of the molecule is CCC1(CNC(=NC)NCC2CCCN(C)C2c2cccs2)CCC1. The Balaban J connectivity index is 1.54. The number of thiophene rings is 1. The number of hydrogen-bond donors (Lipinski definition) is 2. The molecule has 4 nitrogen and oxygen atoms in total. The summed E-state index contributed by atoms with van der Waals surface area (Å²) in [5.41, 5.74) is 0.516. The second-order valence-corrected chi connectivity index (χ2v) is 8.84. The van der Waals surface area contributed by atoms with Gasteiger partial charge < -0.3 is 10.6 Å². The molecule has 5 heteroatoms. The molecule has 2 unspecified atom stereocenters. The standard InChI is InChI=1S/C20H34N4S/c1-4-20(10-7-11-20)15-23-19(21-2)22-14-16-8-5-12-24(3)18(16)17-9-6-13-25-17/h6,9,13,16,18H,4-5,7-8,10-12,14-15H2,1-3H3,(H2,21,22,23). The third-order valence-corrected chi connectivity index (χ3v) is 7.34. The molecule has 1 aliphatic heterocycles. The van der Waals surface area contributed by atoms with Crippen molar-refractivity contribution in [1.82, 2.24) is 15.5 Å². The van der Waals surface area contributed by atoms with E-state index in [4.69, 9.17) is 0 Å². The fourth-order valence-electron chi connectivity index (χ4n) is 4.43. The van der Waals surface area contributed by atoms with Crippen LogP contribution < -0.4 is 10.6 Å². The van der Waals surface area contributed by atoms with E-state index in [1.54, 1.807) is 0 Å². The molecule has 2 heterocycles. The molecule has 1 saturated carbocycles. The first-order valence-corrected chi connectivity index (χ1v) is 10.7. The molecule has 2 atom stereocenters. The number of nitrogens with zero attached hydrogens (tertiary/aromatic N) is 2. The maximum absolute atomic E-state index is 4.46. The summed E-state index contributed by atoms with van der Waals surface area (Å²) in [5, 5.41) is 9.40. The van der Waals surface area contributed by atoms with E-state index in [1.807, 2.05) is 18.4 Å². The molecular weight excluding hydrogens is 328 g/mol. The third kappa shape index (κ3) is 4.37. The third-order valence-electron chi connectivity index (χ3n) is 6.39. The van der Waals surface area contributed by atoms with Gasteiger partial charge in [0.1, 0.15) is 0 Å². The summed E-state index contributed by atoms with van der Waals surface area (Å²) < 4.78 is 0. The zero-order valence-electron chi connectivity index (χ0n) is 16.1. The van der Waals surface area contributed by atoms with Crippen molar-refractivity contribution in [2.75, 3.05) is 33.7 Å². The summed E-state index contributed by atoms with van der Waals surface area (Å²) >= 11 is 1.89. The Morgan fingerprint density at radius 1 is 1.36 bits per heavy atom. The van der Waals surface area contributed by atoms with Gasteiger partial charge >= 0.3 is 0 Å². The normalized spacial score (nSPS) is 26.9. The maximum Gasteiger partial charge on any atom is 0.191 e. The second-order valence-electron chi connectivity index (χ2n) is 7.86. The summed E-state index contributed by atoms with van der Waals surface area (Å²) in [6, 6.07) is 5.00. The molecule has 2 N–H and O–H groups in total. The highest BCUT2D eigenvalue weighted by Crippen LogP contribution is 2.43. The largest absolute Gasteiger partial charge is 0.356 e. The highest BCUT2D eigenvalue weighted by molar-refractivity contribution is 7.10. The Bertz CT molecular complexity index is 545. The number of likely N-dealkylation sites (tertiary alicyclic amines) is 1. The predicted octanol–water partition coefficient (Wildman–Crippen LogP) is 3.88. The molecule has 2 aliphatic rings. The van der Waals surface area contributed by atoms with Crippen molar-refractivity contribution in [3.05, 3.63) is 22.4 Å². The molecule has 1 aromatic heterocycles. The Labute approximate surface area is 157 Å². The average molecular weight is 363 g/mol. The quantitative estimate of drug-likeness (QED) is 0.596. The molecular formula is C20H34N4S. The van der Waals surface area contributed by atoms with Gasteiger partial charge in [0.15, 0.2) is 5.96 Å². The van der Waals surface area contributed by atoms with E-state index in [0.717, 1.165) is 19.0 Å². The number of piperidine rings is 1. The van der Waals surface area contributed by atoms with Crippen molar-refractivity contribution in [1.29, 1.82) is 0 Å². The summed E-state index contributed by atoms with van der Waals surface area (Å²) in [4.78, 5) is 8.48. The topological polar surface area (TPSA) is 39.7 Å². The number of hydrogen-bond acceptors (Lipinski definition) is 3. The molecule has 0 bridgehead atoms. The van der Waals surface area contributed by atoms with E-state index in [2.05, 4.69) is 52.0 Å². The van der Waals surface area contributed by atoms with Crippen molar-refractivity contribution >= 4 is 17.3 Å². The molecule has 25 heavy (non-hydrogen) atoms. The van der Waals surface area contributed by atoms with Crippen molar-refractivity contribution in [3.63, 3.8) is 0 Å². The van der Waals surface area contributed by atoms with Crippen LogP contribution >= 0.6 is 11.3 Å². The van der Waals surface area contributed by atoms with Crippen LogP contribution in [0.15, 0.2) is 22.5 Å². The van der Waals surface area contributed by atoms with Crippen molar-refractivity contribution in [2.24, 2.45) is 16.3 Å². The molecule has 0 radical (unpaired) electrons. The summed E-state index contributed by atoms with van der Waals surface area (Å²) in [6.07, 6.45) is 7.96. The van der Waals surface area contributed by atoms with Crippen LogP contribution in [0.4, 0.5) is 0 Å². The van der Waals surface area contributed by atoms with Crippen molar-refractivity contribution < 1.29 is 0 Å². The van der Waals surface area contributed by atoms with Crippen LogP contribution in [0.3, 0.4) is 0 Å². The van der Waals surface area contributed by atoms with Gasteiger partial charge in [0, 0.05) is 31.1 Å². The number of nitrogens with one attached hydrogen (secondary N) is 2. The zero-order valence-corrected chi connectivity index (χ0v) is 16.9.